The van der Waals surface area contributed by atoms with Crippen molar-refractivity contribution in [3.05, 3.63) is 85.0 Å². The Hall–Kier alpha value is -4.37. The molecule has 0 atom stereocenters. The van der Waals surface area contributed by atoms with Gasteiger partial charge in [-0.1, -0.05) is 6.07 Å². The maximum atomic E-state index is 14.8. The van der Waals surface area contributed by atoms with E-state index in [0.29, 0.717) is 16.9 Å². The average molecular weight is 513 g/mol. The number of nitrogens with zero attached hydrogens (tertiary/aromatic N) is 4. The molecule has 0 radical (unpaired) electrons. The van der Waals surface area contributed by atoms with E-state index < -0.39 is 11.6 Å². The van der Waals surface area contributed by atoms with Gasteiger partial charge in [-0.2, -0.15) is 5.10 Å². The Balaban J connectivity index is 1.42. The fourth-order valence-corrected chi connectivity index (χ4v) is 5.00. The average Bonchev–Trinajstić information content (AvgIpc) is 3.55. The number of nitrogens with one attached hydrogen (secondary N) is 2. The summed E-state index contributed by atoms with van der Waals surface area (Å²) >= 11 is 0. The number of piperidine rings is 1. The Morgan fingerprint density at radius 1 is 1.00 bits per heavy atom. The van der Waals surface area contributed by atoms with Crippen LogP contribution < -0.4 is 10.6 Å². The summed E-state index contributed by atoms with van der Waals surface area (Å²) < 4.78 is 32.1. The summed E-state index contributed by atoms with van der Waals surface area (Å²) in [5, 5.41) is 10.5. The largest absolute Gasteiger partial charge is 0.326 e. The van der Waals surface area contributed by atoms with Crippen molar-refractivity contribution in [2.45, 2.75) is 12.8 Å². The first-order chi connectivity index (χ1) is 18.4. The van der Waals surface area contributed by atoms with E-state index in [4.69, 9.17) is 0 Å². The lowest BCUT2D eigenvalue weighted by atomic mass is 9.97. The van der Waals surface area contributed by atoms with Crippen molar-refractivity contribution in [1.82, 2.24) is 24.6 Å². The number of carbonyl (C=O) groups excluding carboxylic acids is 1. The molecule has 1 aliphatic heterocycles. The van der Waals surface area contributed by atoms with E-state index in [0.717, 1.165) is 54.2 Å². The quantitative estimate of drug-likeness (QED) is 0.335. The van der Waals surface area contributed by atoms with E-state index in [1.54, 1.807) is 23.3 Å². The highest BCUT2D eigenvalue weighted by Crippen LogP contribution is 2.32. The number of hydrogen-bond donors (Lipinski definition) is 2. The SMILES string of the molecule is Cn1cc(-c2ccc3c(c2)ncn3-c2cc(NC(=O)C3CCNCC3)cc(-c3ccc(F)cc3F)c2)cn1. The van der Waals surface area contributed by atoms with Crippen molar-refractivity contribution in [3.8, 4) is 27.9 Å². The topological polar surface area (TPSA) is 76.8 Å². The van der Waals surface area contributed by atoms with Crippen molar-refractivity contribution in [1.29, 1.82) is 0 Å². The number of fused-ring (bicyclic) bond motifs is 1. The Bertz CT molecular complexity index is 1650. The maximum Gasteiger partial charge on any atom is 0.227 e. The molecule has 1 amide bonds. The summed E-state index contributed by atoms with van der Waals surface area (Å²) in [6, 6.07) is 14.8. The number of amides is 1. The summed E-state index contributed by atoms with van der Waals surface area (Å²) in [7, 11) is 1.87. The minimum absolute atomic E-state index is 0.0641. The lowest BCUT2D eigenvalue weighted by Gasteiger charge is -2.22. The number of carbonyl (C=O) groups is 1. The van der Waals surface area contributed by atoms with Gasteiger partial charge in [0.1, 0.15) is 18.0 Å². The van der Waals surface area contributed by atoms with Crippen molar-refractivity contribution in [3.63, 3.8) is 0 Å². The molecule has 0 unspecified atom stereocenters. The smallest absolute Gasteiger partial charge is 0.227 e. The fraction of sp³-hybridized carbons (Fsp3) is 0.207. The summed E-state index contributed by atoms with van der Waals surface area (Å²) in [6.07, 6.45) is 6.97. The van der Waals surface area contributed by atoms with Crippen LogP contribution in [-0.4, -0.2) is 38.3 Å². The van der Waals surface area contributed by atoms with Crippen LogP contribution in [0.25, 0.3) is 39.0 Å². The molecule has 1 saturated heterocycles. The molecule has 2 aromatic heterocycles. The minimum Gasteiger partial charge on any atom is -0.326 e. The van der Waals surface area contributed by atoms with Crippen LogP contribution in [0.4, 0.5) is 14.5 Å². The standard InChI is InChI=1S/C29H26F2N6O/c1-36-16-21(15-34-36)19-2-5-28-27(12-19)33-17-37(28)24-11-20(25-4-3-22(30)13-26(25)31)10-23(14-24)35-29(38)18-6-8-32-9-7-18/h2-5,10-18,32H,6-9H2,1H3,(H,35,38). The van der Waals surface area contributed by atoms with Gasteiger partial charge in [-0.15, -0.1) is 0 Å². The molecule has 5 aromatic rings. The number of aromatic nitrogens is 4. The number of imidazole rings is 1. The fourth-order valence-electron chi connectivity index (χ4n) is 5.00. The third kappa shape index (κ3) is 4.68. The molecule has 3 aromatic carbocycles. The number of hydrogen-bond acceptors (Lipinski definition) is 4. The van der Waals surface area contributed by atoms with E-state index in [1.165, 1.54) is 12.1 Å². The molecule has 6 rings (SSSR count). The predicted octanol–water partition coefficient (Wildman–Crippen LogP) is 5.31. The zero-order valence-electron chi connectivity index (χ0n) is 20.8. The second kappa shape index (κ2) is 9.83. The molecule has 9 heteroatoms. The van der Waals surface area contributed by atoms with Gasteiger partial charge in [0.2, 0.25) is 5.91 Å². The molecule has 0 bridgehead atoms. The number of halogens is 2. The van der Waals surface area contributed by atoms with E-state index >= 15 is 0 Å². The zero-order chi connectivity index (χ0) is 26.2. The van der Waals surface area contributed by atoms with Crippen LogP contribution >= 0.6 is 0 Å². The third-order valence-corrected chi connectivity index (χ3v) is 7.00. The predicted molar refractivity (Wildman–Crippen MR) is 143 cm³/mol. The van der Waals surface area contributed by atoms with Gasteiger partial charge < -0.3 is 10.6 Å². The highest BCUT2D eigenvalue weighted by atomic mass is 19.1. The van der Waals surface area contributed by atoms with E-state index in [9.17, 15) is 13.6 Å². The van der Waals surface area contributed by atoms with Gasteiger partial charge in [0.15, 0.2) is 0 Å². The molecule has 38 heavy (non-hydrogen) atoms. The van der Waals surface area contributed by atoms with Crippen LogP contribution in [0.3, 0.4) is 0 Å². The summed E-state index contributed by atoms with van der Waals surface area (Å²) in [5.74, 6) is -1.47. The molecule has 0 saturated carbocycles. The van der Waals surface area contributed by atoms with Crippen molar-refractivity contribution in [2.24, 2.45) is 13.0 Å². The van der Waals surface area contributed by atoms with Crippen molar-refractivity contribution >= 4 is 22.6 Å². The normalized spacial score (nSPS) is 14.2. The Kier molecular flexibility index (Phi) is 6.21. The summed E-state index contributed by atoms with van der Waals surface area (Å²) in [5.41, 5.74) is 5.62. The van der Waals surface area contributed by atoms with Crippen molar-refractivity contribution < 1.29 is 13.6 Å². The molecule has 7 nitrogen and oxygen atoms in total. The maximum absolute atomic E-state index is 14.8. The monoisotopic (exact) mass is 512 g/mol. The molecular formula is C29H26F2N6O. The summed E-state index contributed by atoms with van der Waals surface area (Å²) in [6.45, 7) is 1.60. The van der Waals surface area contributed by atoms with Crippen LogP contribution in [0.2, 0.25) is 0 Å². The second-order valence-corrected chi connectivity index (χ2v) is 9.63. The molecular weight excluding hydrogens is 486 g/mol. The number of rotatable bonds is 5. The van der Waals surface area contributed by atoms with Crippen LogP contribution in [-0.2, 0) is 11.8 Å². The molecule has 1 aliphatic rings. The first-order valence-electron chi connectivity index (χ1n) is 12.5. The number of benzene rings is 3. The van der Waals surface area contributed by atoms with Gasteiger partial charge >= 0.3 is 0 Å². The Morgan fingerprint density at radius 3 is 2.61 bits per heavy atom. The highest BCUT2D eigenvalue weighted by molar-refractivity contribution is 5.94. The lowest BCUT2D eigenvalue weighted by Crippen LogP contribution is -2.34. The summed E-state index contributed by atoms with van der Waals surface area (Å²) in [4.78, 5) is 17.6. The first-order valence-corrected chi connectivity index (χ1v) is 12.5. The Morgan fingerprint density at radius 2 is 1.84 bits per heavy atom. The van der Waals surface area contributed by atoms with Gasteiger partial charge in [-0.25, -0.2) is 13.8 Å². The molecule has 0 spiro atoms. The first kappa shape index (κ1) is 24.0. The van der Waals surface area contributed by atoms with Crippen molar-refractivity contribution in [2.75, 3.05) is 18.4 Å². The van der Waals surface area contributed by atoms with Crippen LogP contribution in [0.15, 0.2) is 73.3 Å². The number of aryl methyl sites for hydroxylation is 1. The molecule has 192 valence electrons. The molecule has 3 heterocycles. The molecule has 1 fully saturated rings. The van der Waals surface area contributed by atoms with Gasteiger partial charge in [0, 0.05) is 47.7 Å². The van der Waals surface area contributed by atoms with Gasteiger partial charge in [-0.3, -0.25) is 14.0 Å². The van der Waals surface area contributed by atoms with E-state index in [2.05, 4.69) is 20.7 Å². The molecule has 0 aliphatic carbocycles. The van der Waals surface area contributed by atoms with Crippen LogP contribution in [0.5, 0.6) is 0 Å². The second-order valence-electron chi connectivity index (χ2n) is 9.63. The van der Waals surface area contributed by atoms with Crippen LogP contribution in [0, 0.1) is 17.6 Å². The third-order valence-electron chi connectivity index (χ3n) is 7.00. The van der Waals surface area contributed by atoms with E-state index in [1.807, 2.05) is 48.1 Å². The van der Waals surface area contributed by atoms with Gasteiger partial charge in [-0.05, 0) is 79.5 Å². The zero-order valence-corrected chi connectivity index (χ0v) is 20.8. The van der Waals surface area contributed by atoms with E-state index in [-0.39, 0.29) is 17.4 Å². The van der Waals surface area contributed by atoms with Gasteiger partial charge in [0.25, 0.3) is 0 Å². The highest BCUT2D eigenvalue weighted by Gasteiger charge is 2.22. The number of anilines is 1. The van der Waals surface area contributed by atoms with Gasteiger partial charge in [0.05, 0.1) is 17.2 Å². The minimum atomic E-state index is -0.672. The molecule has 2 N–H and O–H groups in total. The lowest BCUT2D eigenvalue weighted by molar-refractivity contribution is -0.120. The Labute approximate surface area is 218 Å². The van der Waals surface area contributed by atoms with Crippen LogP contribution in [0.1, 0.15) is 12.8 Å².